The number of carbonyl (C=O) groups excluding carboxylic acids is 1. The van der Waals surface area contributed by atoms with Crippen molar-refractivity contribution in [2.24, 2.45) is 0 Å². The molecule has 1 aromatic rings. The van der Waals surface area contributed by atoms with Gasteiger partial charge in [0.25, 0.3) is 0 Å². The number of rotatable bonds is 19. The van der Waals surface area contributed by atoms with Gasteiger partial charge in [-0.3, -0.25) is 6.29 Å². The number of hydrogen-bond donors (Lipinski definition) is 1. The van der Waals surface area contributed by atoms with Gasteiger partial charge >= 0.3 is 0 Å². The summed E-state index contributed by atoms with van der Waals surface area (Å²) < 4.78 is 27.6. The molecule has 1 aromatic heterocycles. The Balaban J connectivity index is 0. The van der Waals surface area contributed by atoms with Crippen LogP contribution in [-0.4, -0.2) is 94.8 Å². The number of hydrogen-bond acceptors (Lipinski definition) is 9. The summed E-state index contributed by atoms with van der Waals surface area (Å²) in [5.41, 5.74) is 0.849. The maximum absolute atomic E-state index is 9.79. The molecule has 10 nitrogen and oxygen atoms in total. The van der Waals surface area contributed by atoms with Gasteiger partial charge in [-0.05, 0) is 13.5 Å². The second-order valence-electron chi connectivity index (χ2n) is 5.85. The van der Waals surface area contributed by atoms with Gasteiger partial charge in [0.15, 0.2) is 0 Å². The summed E-state index contributed by atoms with van der Waals surface area (Å²) >= 11 is 0. The summed E-state index contributed by atoms with van der Waals surface area (Å²) in [5.74, 6) is 0. The van der Waals surface area contributed by atoms with Crippen molar-refractivity contribution >= 4 is 6.29 Å². The number of nitrogens with one attached hydrogen (secondary N) is 1. The van der Waals surface area contributed by atoms with Gasteiger partial charge in [-0.2, -0.15) is 0 Å². The molecule has 1 heterocycles. The smallest absolute Gasteiger partial charge is 0.108 e. The number of likely N-dealkylation sites (N-methyl/N-ethyl adjacent to an activating group) is 1. The molecular weight excluding hydrogens is 469 g/mol. The van der Waals surface area contributed by atoms with Gasteiger partial charge in [0.05, 0.1) is 59.0 Å². The van der Waals surface area contributed by atoms with Gasteiger partial charge in [0.2, 0.25) is 0 Å². The second-order valence-corrected chi connectivity index (χ2v) is 5.85. The van der Waals surface area contributed by atoms with Crippen molar-refractivity contribution < 1.29 is 61.2 Å². The second kappa shape index (κ2) is 26.7. The maximum Gasteiger partial charge on any atom is 0.108 e. The molecule has 0 atom stereocenters. The Labute approximate surface area is 205 Å². The molecule has 0 bridgehead atoms. The number of methoxy groups -OCH3 is 1. The Kier molecular flexibility index (Phi) is 28.4. The van der Waals surface area contributed by atoms with Crippen molar-refractivity contribution in [1.29, 1.82) is 0 Å². The summed E-state index contributed by atoms with van der Waals surface area (Å²) in [6.45, 7) is 8.99. The van der Waals surface area contributed by atoms with Crippen LogP contribution in [0.15, 0.2) is 6.20 Å². The van der Waals surface area contributed by atoms with E-state index in [1.54, 1.807) is 18.1 Å². The molecule has 173 valence electrons. The quantitative estimate of drug-likeness (QED) is 0.213. The molecule has 1 N–H and O–H groups in total. The molecule has 0 saturated carbocycles. The first-order chi connectivity index (χ1) is 14.3. The SMILES string of the molecule is CCCOCCOCCOCC[C-]=O.CNCCOCc1cn(CCOC)nn1.[Y]. The Morgan fingerprint density at radius 3 is 2.27 bits per heavy atom. The van der Waals surface area contributed by atoms with Gasteiger partial charge < -0.3 is 33.8 Å². The average Bonchev–Trinajstić information content (AvgIpc) is 3.19. The minimum absolute atomic E-state index is 0. The summed E-state index contributed by atoms with van der Waals surface area (Å²) in [6.07, 6.45) is 5.00. The van der Waals surface area contributed by atoms with Gasteiger partial charge in [0.1, 0.15) is 5.69 Å². The first-order valence-corrected chi connectivity index (χ1v) is 9.96. The standard InChI is InChI=1S/C10H19O4.C9H18N4O2.Y/c1-2-5-12-7-9-14-10-8-13-6-3-4-11;1-10-3-5-15-8-9-7-13(12-11-9)4-6-14-2;/h2-3,5-10H2,1H3;7,10H,3-6,8H2,1-2H3;/q-1;;. The van der Waals surface area contributed by atoms with E-state index in [4.69, 9.17) is 23.7 Å². The Morgan fingerprint density at radius 1 is 1.00 bits per heavy atom. The van der Waals surface area contributed by atoms with E-state index in [1.807, 2.05) is 13.2 Å². The van der Waals surface area contributed by atoms with E-state index in [9.17, 15) is 4.79 Å². The van der Waals surface area contributed by atoms with Crippen molar-refractivity contribution in [3.05, 3.63) is 11.9 Å². The van der Waals surface area contributed by atoms with E-state index in [-0.39, 0.29) is 32.7 Å². The molecule has 11 heteroatoms. The fourth-order valence-corrected chi connectivity index (χ4v) is 1.85. The average molecular weight is 506 g/mol. The van der Waals surface area contributed by atoms with Gasteiger partial charge in [0, 0.05) is 59.6 Å². The van der Waals surface area contributed by atoms with Crippen molar-refractivity contribution in [2.45, 2.75) is 32.9 Å². The van der Waals surface area contributed by atoms with Crippen LogP contribution in [0, 0.1) is 0 Å². The zero-order valence-corrected chi connectivity index (χ0v) is 21.5. The third-order valence-corrected chi connectivity index (χ3v) is 3.30. The molecular formula is C19H37N4O6Y-. The zero-order valence-electron chi connectivity index (χ0n) is 18.6. The van der Waals surface area contributed by atoms with Crippen LogP contribution < -0.4 is 5.32 Å². The molecule has 0 spiro atoms. The van der Waals surface area contributed by atoms with Crippen molar-refractivity contribution in [3.8, 4) is 0 Å². The summed E-state index contributed by atoms with van der Waals surface area (Å²) in [7, 11) is 3.56. The number of aromatic nitrogens is 3. The molecule has 0 aliphatic carbocycles. The molecule has 0 aliphatic rings. The topological polar surface area (TPSA) is 106 Å². The summed E-state index contributed by atoms with van der Waals surface area (Å²) in [5, 5.41) is 10.9. The fraction of sp³-hybridized carbons (Fsp3) is 0.842. The third kappa shape index (κ3) is 22.4. The Hall–Kier alpha value is -0.326. The summed E-state index contributed by atoms with van der Waals surface area (Å²) in [4.78, 5) is 9.79. The maximum atomic E-state index is 9.79. The van der Waals surface area contributed by atoms with Crippen LogP contribution in [0.1, 0.15) is 25.5 Å². The molecule has 0 aliphatic heterocycles. The van der Waals surface area contributed by atoms with Crippen LogP contribution in [0.4, 0.5) is 0 Å². The monoisotopic (exact) mass is 506 g/mol. The molecule has 1 radical (unpaired) electrons. The zero-order chi connectivity index (χ0) is 21.4. The van der Waals surface area contributed by atoms with Crippen molar-refractivity contribution in [2.75, 3.05) is 73.6 Å². The van der Waals surface area contributed by atoms with Crippen LogP contribution in [-0.2, 0) is 74.3 Å². The molecule has 0 aromatic carbocycles. The first kappa shape index (κ1) is 31.9. The summed E-state index contributed by atoms with van der Waals surface area (Å²) in [6, 6.07) is 0. The Morgan fingerprint density at radius 2 is 1.67 bits per heavy atom. The normalized spacial score (nSPS) is 10.2. The molecule has 30 heavy (non-hydrogen) atoms. The van der Waals surface area contributed by atoms with E-state index in [0.29, 0.717) is 59.3 Å². The molecule has 0 saturated heterocycles. The van der Waals surface area contributed by atoms with Crippen molar-refractivity contribution in [3.63, 3.8) is 0 Å². The molecule has 1 rings (SSSR count). The fourth-order valence-electron chi connectivity index (χ4n) is 1.85. The number of ether oxygens (including phenoxy) is 5. The predicted molar refractivity (Wildman–Crippen MR) is 109 cm³/mol. The minimum atomic E-state index is 0. The van der Waals surface area contributed by atoms with E-state index in [0.717, 1.165) is 31.8 Å². The van der Waals surface area contributed by atoms with Crippen LogP contribution in [0.5, 0.6) is 0 Å². The molecule has 0 unspecified atom stereocenters. The molecule has 0 fully saturated rings. The van der Waals surface area contributed by atoms with Crippen LogP contribution >= 0.6 is 0 Å². The van der Waals surface area contributed by atoms with E-state index >= 15 is 0 Å². The van der Waals surface area contributed by atoms with Crippen LogP contribution in [0.2, 0.25) is 0 Å². The largest absolute Gasteiger partial charge is 0.542 e. The van der Waals surface area contributed by atoms with E-state index in [2.05, 4.69) is 22.6 Å². The van der Waals surface area contributed by atoms with Gasteiger partial charge in [-0.15, -0.1) is 11.5 Å². The molecule has 0 amide bonds. The number of nitrogens with zero attached hydrogens (tertiary/aromatic N) is 3. The van der Waals surface area contributed by atoms with Crippen molar-refractivity contribution in [1.82, 2.24) is 20.3 Å². The first-order valence-electron chi connectivity index (χ1n) is 9.96. The van der Waals surface area contributed by atoms with Crippen LogP contribution in [0.3, 0.4) is 0 Å². The third-order valence-electron chi connectivity index (χ3n) is 3.30. The minimum Gasteiger partial charge on any atom is -0.542 e. The van der Waals surface area contributed by atoms with E-state index < -0.39 is 0 Å². The van der Waals surface area contributed by atoms with E-state index in [1.165, 1.54) is 0 Å². The Bertz CT molecular complexity index is 468. The van der Waals surface area contributed by atoms with Gasteiger partial charge in [-0.25, -0.2) is 4.68 Å². The predicted octanol–water partition coefficient (Wildman–Crippen LogP) is 0.604. The van der Waals surface area contributed by atoms with Crippen LogP contribution in [0.25, 0.3) is 0 Å². The van der Waals surface area contributed by atoms with Gasteiger partial charge in [-0.1, -0.05) is 12.1 Å².